The molecule has 0 radical (unpaired) electrons. The Kier molecular flexibility index (Phi) is 10.4. The summed E-state index contributed by atoms with van der Waals surface area (Å²) in [6.07, 6.45) is 3.90. The molecule has 52 heavy (non-hydrogen) atoms. The standard InChI is InChI=1S/C38H46BrN5O8/c1-2-52-41-15-9-26(10-16-41)28-12-19-44(38(22-28)33(47)34(38)48)37(14-20-45)23-29(42-17-11-27-5-3-4-6-31(27)40-35(42)49)13-18-43(37)36(50)51-24-25-7-8-32(46)30(39)21-25/h3-8,20-21,26,28-29,46H,2,9-19,22-24H2,1H3,(H,40,49)/t28?,29-,37-/m1/s1. The van der Waals surface area contributed by atoms with E-state index in [0.29, 0.717) is 61.3 Å². The minimum atomic E-state index is -1.44. The van der Waals surface area contributed by atoms with E-state index in [1.165, 1.54) is 11.0 Å². The van der Waals surface area contributed by atoms with Gasteiger partial charge < -0.3 is 24.9 Å². The molecule has 4 fully saturated rings. The SMILES string of the molecule is CCON1CCC(C2CCN([C@]3(CC=O)C[C@H](N4CCc5ccccc5NC4=O)CCN3C(=O)OCc3ccc(O)c(Br)c3)C3(C2)C(=O)C3=O)CC1. The average Bonchev–Trinajstić information content (AvgIpc) is 3.71. The molecule has 14 heteroatoms. The first-order valence-corrected chi connectivity index (χ1v) is 19.2. The number of piperidine rings is 3. The van der Waals surface area contributed by atoms with Gasteiger partial charge in [-0.2, -0.15) is 5.06 Å². The highest BCUT2D eigenvalue weighted by atomic mass is 79.9. The van der Waals surface area contributed by atoms with Crippen LogP contribution in [-0.4, -0.2) is 111 Å². The zero-order chi connectivity index (χ0) is 36.6. The summed E-state index contributed by atoms with van der Waals surface area (Å²) in [5, 5.41) is 15.0. The Morgan fingerprint density at radius 2 is 1.73 bits per heavy atom. The molecule has 1 unspecified atom stereocenters. The molecule has 3 saturated heterocycles. The molecule has 1 spiro atoms. The van der Waals surface area contributed by atoms with Crippen molar-refractivity contribution in [2.24, 2.45) is 11.8 Å². The summed E-state index contributed by atoms with van der Waals surface area (Å²) in [4.78, 5) is 79.0. The van der Waals surface area contributed by atoms with Crippen molar-refractivity contribution in [3.05, 3.63) is 58.1 Å². The number of ketones is 2. The van der Waals surface area contributed by atoms with E-state index in [2.05, 4.69) is 21.2 Å². The number of hydroxylamine groups is 2. The quantitative estimate of drug-likeness (QED) is 0.205. The van der Waals surface area contributed by atoms with Crippen LogP contribution in [0.1, 0.15) is 63.0 Å². The Hall–Kier alpha value is -3.85. The van der Waals surface area contributed by atoms with E-state index in [0.717, 1.165) is 43.5 Å². The number of hydrogen-bond donors (Lipinski definition) is 2. The third-order valence-electron chi connectivity index (χ3n) is 12.0. The molecular weight excluding hydrogens is 734 g/mol. The number of halogens is 1. The molecule has 3 atom stereocenters. The molecule has 7 rings (SSSR count). The number of nitrogens with one attached hydrogen (secondary N) is 1. The van der Waals surface area contributed by atoms with Crippen molar-refractivity contribution >= 4 is 51.6 Å². The number of benzene rings is 2. The van der Waals surface area contributed by atoms with Gasteiger partial charge in [0.15, 0.2) is 5.54 Å². The van der Waals surface area contributed by atoms with Gasteiger partial charge in [-0.25, -0.2) is 9.59 Å². The number of phenols is 1. The number of carbonyl (C=O) groups is 5. The van der Waals surface area contributed by atoms with Crippen LogP contribution in [0.15, 0.2) is 46.9 Å². The maximum absolute atomic E-state index is 14.2. The smallest absolute Gasteiger partial charge is 0.411 e. The van der Waals surface area contributed by atoms with Crippen LogP contribution in [0.4, 0.5) is 15.3 Å². The zero-order valence-electron chi connectivity index (χ0n) is 29.4. The third-order valence-corrected chi connectivity index (χ3v) is 12.6. The number of anilines is 1. The lowest BCUT2D eigenvalue weighted by Gasteiger charge is -2.58. The summed E-state index contributed by atoms with van der Waals surface area (Å²) in [6.45, 7) is 4.93. The highest BCUT2D eigenvalue weighted by molar-refractivity contribution is 9.10. The van der Waals surface area contributed by atoms with Gasteiger partial charge in [0.05, 0.1) is 11.1 Å². The average molecular weight is 781 g/mol. The van der Waals surface area contributed by atoms with Crippen LogP contribution in [0, 0.1) is 11.8 Å². The fourth-order valence-corrected chi connectivity index (χ4v) is 9.72. The molecule has 1 aliphatic carbocycles. The van der Waals surface area contributed by atoms with Crippen LogP contribution >= 0.6 is 15.9 Å². The Morgan fingerprint density at radius 3 is 2.44 bits per heavy atom. The molecule has 278 valence electrons. The number of para-hydroxylation sites is 1. The van der Waals surface area contributed by atoms with Crippen molar-refractivity contribution in [1.82, 2.24) is 19.8 Å². The van der Waals surface area contributed by atoms with Crippen molar-refractivity contribution in [3.63, 3.8) is 0 Å². The number of fused-ring (bicyclic) bond motifs is 1. The predicted molar refractivity (Wildman–Crippen MR) is 193 cm³/mol. The van der Waals surface area contributed by atoms with Crippen LogP contribution in [0.2, 0.25) is 0 Å². The minimum absolute atomic E-state index is 0.0510. The van der Waals surface area contributed by atoms with Crippen molar-refractivity contribution in [3.8, 4) is 5.75 Å². The molecule has 5 aliphatic rings. The van der Waals surface area contributed by atoms with Gasteiger partial charge in [0.2, 0.25) is 11.6 Å². The van der Waals surface area contributed by atoms with E-state index in [9.17, 15) is 29.1 Å². The van der Waals surface area contributed by atoms with Crippen molar-refractivity contribution < 1.29 is 38.7 Å². The lowest BCUT2D eigenvalue weighted by Crippen LogP contribution is -2.72. The van der Waals surface area contributed by atoms with Gasteiger partial charge >= 0.3 is 12.1 Å². The van der Waals surface area contributed by atoms with Crippen LogP contribution < -0.4 is 5.32 Å². The first-order valence-electron chi connectivity index (χ1n) is 18.4. The van der Waals surface area contributed by atoms with Gasteiger partial charge in [-0.15, -0.1) is 0 Å². The largest absolute Gasteiger partial charge is 0.507 e. The number of aldehydes is 1. The number of phenolic OH excluding ortho intramolecular Hbond substituents is 1. The Labute approximate surface area is 311 Å². The van der Waals surface area contributed by atoms with Crippen molar-refractivity contribution in [2.45, 2.75) is 82.1 Å². The fourth-order valence-electron chi connectivity index (χ4n) is 9.29. The van der Waals surface area contributed by atoms with Crippen LogP contribution in [-0.2, 0) is 37.0 Å². The summed E-state index contributed by atoms with van der Waals surface area (Å²) in [5.41, 5.74) is -0.445. The number of amides is 3. The molecule has 2 N–H and O–H groups in total. The number of carbonyl (C=O) groups excluding carboxylic acids is 5. The number of aromatic hydroxyl groups is 1. The molecule has 0 aromatic heterocycles. The molecule has 2 aromatic carbocycles. The number of nitrogens with zero attached hydrogens (tertiary/aromatic N) is 4. The van der Waals surface area contributed by atoms with Gasteiger partial charge in [-0.05, 0) is 103 Å². The summed E-state index contributed by atoms with van der Waals surface area (Å²) < 4.78 is 6.32. The van der Waals surface area contributed by atoms with Gasteiger partial charge in [0.25, 0.3) is 0 Å². The lowest BCUT2D eigenvalue weighted by molar-refractivity contribution is -0.177. The number of ether oxygens (including phenoxy) is 1. The fraction of sp³-hybridized carbons (Fsp3) is 0.553. The summed E-state index contributed by atoms with van der Waals surface area (Å²) in [5.74, 6) is -0.490. The maximum atomic E-state index is 14.2. The number of Topliss-reactive ketones (excluding diaryl/α,β-unsaturated/α-hetero) is 2. The van der Waals surface area contributed by atoms with Gasteiger partial charge in [-0.3, -0.25) is 24.2 Å². The summed E-state index contributed by atoms with van der Waals surface area (Å²) >= 11 is 3.30. The monoisotopic (exact) mass is 779 g/mol. The van der Waals surface area contributed by atoms with Crippen LogP contribution in [0.25, 0.3) is 0 Å². The molecule has 0 bridgehead atoms. The number of rotatable bonds is 9. The lowest BCUT2D eigenvalue weighted by atomic mass is 9.73. The number of hydrogen-bond acceptors (Lipinski definition) is 10. The molecule has 4 aliphatic heterocycles. The van der Waals surface area contributed by atoms with Crippen molar-refractivity contribution in [1.29, 1.82) is 0 Å². The second-order valence-corrected chi connectivity index (χ2v) is 15.5. The highest BCUT2D eigenvalue weighted by Crippen LogP contribution is 2.53. The van der Waals surface area contributed by atoms with Gasteiger partial charge in [-0.1, -0.05) is 24.3 Å². The second kappa shape index (κ2) is 14.9. The molecule has 4 heterocycles. The summed E-state index contributed by atoms with van der Waals surface area (Å²) in [7, 11) is 0. The topological polar surface area (TPSA) is 149 Å². The molecular formula is C38H46BrN5O8. The van der Waals surface area contributed by atoms with Gasteiger partial charge in [0, 0.05) is 57.3 Å². The Morgan fingerprint density at radius 1 is 0.981 bits per heavy atom. The first kappa shape index (κ1) is 36.5. The Balaban J connectivity index is 1.20. The molecule has 2 aromatic rings. The van der Waals surface area contributed by atoms with E-state index >= 15 is 0 Å². The van der Waals surface area contributed by atoms with Crippen LogP contribution in [0.3, 0.4) is 0 Å². The predicted octanol–water partition coefficient (Wildman–Crippen LogP) is 4.90. The maximum Gasteiger partial charge on any atom is 0.411 e. The van der Waals surface area contributed by atoms with Gasteiger partial charge in [0.1, 0.15) is 24.3 Å². The summed E-state index contributed by atoms with van der Waals surface area (Å²) in [6, 6.07) is 11.8. The molecule has 13 nitrogen and oxygen atoms in total. The minimum Gasteiger partial charge on any atom is -0.507 e. The first-order chi connectivity index (χ1) is 25.1. The number of likely N-dealkylation sites (tertiary alicyclic amines) is 2. The molecule has 1 saturated carbocycles. The Bertz CT molecular complexity index is 1720. The molecule has 3 amide bonds. The van der Waals surface area contributed by atoms with E-state index < -0.39 is 34.9 Å². The van der Waals surface area contributed by atoms with Crippen LogP contribution in [0.5, 0.6) is 5.75 Å². The zero-order valence-corrected chi connectivity index (χ0v) is 31.0. The van der Waals surface area contributed by atoms with E-state index in [1.807, 2.05) is 41.2 Å². The highest BCUT2D eigenvalue weighted by Gasteiger charge is 2.75. The second-order valence-electron chi connectivity index (χ2n) is 14.6. The normalized spacial score (nSPS) is 26.8. The van der Waals surface area contributed by atoms with E-state index in [-0.39, 0.29) is 43.7 Å². The third kappa shape index (κ3) is 6.63. The number of urea groups is 1. The van der Waals surface area contributed by atoms with E-state index in [4.69, 9.17) is 9.57 Å². The van der Waals surface area contributed by atoms with E-state index in [1.54, 1.807) is 17.0 Å². The van der Waals surface area contributed by atoms with Crippen molar-refractivity contribution in [2.75, 3.05) is 44.6 Å².